The number of aryl methyl sites for hydroxylation is 1. The predicted octanol–water partition coefficient (Wildman–Crippen LogP) is 3.88. The highest BCUT2D eigenvalue weighted by molar-refractivity contribution is 5.94. The lowest BCUT2D eigenvalue weighted by molar-refractivity contribution is -0.141. The van der Waals surface area contributed by atoms with Gasteiger partial charge in [-0.05, 0) is 67.1 Å². The van der Waals surface area contributed by atoms with Gasteiger partial charge in [0.1, 0.15) is 5.82 Å². The monoisotopic (exact) mass is 564 g/mol. The number of ether oxygens (including phenoxy) is 1. The van der Waals surface area contributed by atoms with Gasteiger partial charge in [-0.15, -0.1) is 0 Å². The zero-order valence-electron chi connectivity index (χ0n) is 24.1. The van der Waals surface area contributed by atoms with E-state index in [4.69, 9.17) is 15.5 Å². The number of H-pyrrole nitrogens is 1. The van der Waals surface area contributed by atoms with Crippen molar-refractivity contribution in [2.45, 2.75) is 31.7 Å². The SMILES string of the molecule is CCc1c(-c2cnc(/N=C\N)c(OC)c2)[nH]c2cc(-c3ccc(N4CCN(C(=O)C56CC(CN5)C6)CC4)nc3)ccc12. The number of piperazine rings is 1. The number of pyridine rings is 2. The molecule has 1 amide bonds. The Morgan fingerprint density at radius 1 is 1.10 bits per heavy atom. The molecule has 216 valence electrons. The molecule has 10 heteroatoms. The van der Waals surface area contributed by atoms with E-state index in [9.17, 15) is 4.79 Å². The normalized spacial score (nSPS) is 21.7. The molecule has 10 nitrogen and oxygen atoms in total. The number of hydrogen-bond donors (Lipinski definition) is 3. The number of fused-ring (bicyclic) bond motifs is 2. The fraction of sp³-hybridized carbons (Fsp3) is 0.375. The van der Waals surface area contributed by atoms with Crippen LogP contribution in [0.1, 0.15) is 25.3 Å². The molecular formula is C32H36N8O2. The molecule has 0 unspecified atom stereocenters. The first-order chi connectivity index (χ1) is 20.5. The molecule has 4 aliphatic rings. The zero-order valence-corrected chi connectivity index (χ0v) is 24.1. The summed E-state index contributed by atoms with van der Waals surface area (Å²) in [4.78, 5) is 34.4. The van der Waals surface area contributed by atoms with Crippen LogP contribution in [-0.2, 0) is 11.2 Å². The van der Waals surface area contributed by atoms with Crippen molar-refractivity contribution in [3.8, 4) is 28.1 Å². The number of carbonyl (C=O) groups excluding carboxylic acids is 1. The van der Waals surface area contributed by atoms with Gasteiger partial charge in [0.05, 0.1) is 24.7 Å². The number of aliphatic imine (C=N–C) groups is 1. The lowest BCUT2D eigenvalue weighted by Gasteiger charge is -2.43. The summed E-state index contributed by atoms with van der Waals surface area (Å²) in [7, 11) is 1.60. The minimum Gasteiger partial charge on any atom is -0.493 e. The summed E-state index contributed by atoms with van der Waals surface area (Å²) in [5, 5.41) is 4.65. The van der Waals surface area contributed by atoms with E-state index in [0.717, 1.165) is 85.7 Å². The van der Waals surface area contributed by atoms with E-state index in [1.54, 1.807) is 13.3 Å². The molecule has 3 saturated heterocycles. The van der Waals surface area contributed by atoms with Crippen molar-refractivity contribution in [3.05, 3.63) is 54.4 Å². The number of hydrogen-bond acceptors (Lipinski definition) is 7. The van der Waals surface area contributed by atoms with Gasteiger partial charge in [0, 0.05) is 60.6 Å². The van der Waals surface area contributed by atoms with Crippen molar-refractivity contribution in [2.24, 2.45) is 16.6 Å². The van der Waals surface area contributed by atoms with Gasteiger partial charge in [-0.3, -0.25) is 4.79 Å². The van der Waals surface area contributed by atoms with Crippen molar-refractivity contribution in [1.29, 1.82) is 0 Å². The Morgan fingerprint density at radius 2 is 1.88 bits per heavy atom. The number of aromatic amines is 1. The van der Waals surface area contributed by atoms with Crippen LogP contribution in [-0.4, -0.2) is 77.5 Å². The molecule has 1 aliphatic carbocycles. The van der Waals surface area contributed by atoms with E-state index in [2.05, 4.69) is 62.4 Å². The van der Waals surface area contributed by atoms with E-state index < -0.39 is 0 Å². The number of anilines is 1. The molecule has 8 rings (SSSR count). The maximum atomic E-state index is 13.1. The fourth-order valence-electron chi connectivity index (χ4n) is 6.93. The van der Waals surface area contributed by atoms with Crippen molar-refractivity contribution in [2.75, 3.05) is 44.7 Å². The third kappa shape index (κ3) is 4.37. The molecule has 42 heavy (non-hydrogen) atoms. The molecule has 0 spiro atoms. The van der Waals surface area contributed by atoms with E-state index in [0.29, 0.717) is 23.4 Å². The fourth-order valence-corrected chi connectivity index (χ4v) is 6.93. The number of methoxy groups -OCH3 is 1. The summed E-state index contributed by atoms with van der Waals surface area (Å²) < 4.78 is 5.50. The topological polar surface area (TPSA) is 125 Å². The Kier molecular flexibility index (Phi) is 6.57. The van der Waals surface area contributed by atoms with Crippen LogP contribution in [0.3, 0.4) is 0 Å². The van der Waals surface area contributed by atoms with Gasteiger partial charge in [0.15, 0.2) is 11.6 Å². The van der Waals surface area contributed by atoms with Crippen LogP contribution in [0.2, 0.25) is 0 Å². The molecule has 3 aliphatic heterocycles. The molecule has 0 radical (unpaired) electrons. The van der Waals surface area contributed by atoms with E-state index in [1.807, 2.05) is 17.2 Å². The average Bonchev–Trinajstić information content (AvgIpc) is 3.74. The van der Waals surface area contributed by atoms with Crippen LogP contribution in [0.5, 0.6) is 5.75 Å². The summed E-state index contributed by atoms with van der Waals surface area (Å²) >= 11 is 0. The molecule has 4 fully saturated rings. The molecule has 2 bridgehead atoms. The first kappa shape index (κ1) is 26.5. The lowest BCUT2D eigenvalue weighted by Crippen LogP contribution is -2.61. The van der Waals surface area contributed by atoms with Crippen molar-refractivity contribution in [3.63, 3.8) is 0 Å². The molecule has 3 aromatic heterocycles. The maximum Gasteiger partial charge on any atom is 0.243 e. The molecule has 4 N–H and O–H groups in total. The van der Waals surface area contributed by atoms with Crippen LogP contribution in [0.25, 0.3) is 33.3 Å². The number of carbonyl (C=O) groups is 1. The number of rotatable bonds is 7. The highest BCUT2D eigenvalue weighted by atomic mass is 16.5. The third-order valence-electron chi connectivity index (χ3n) is 9.18. The van der Waals surface area contributed by atoms with Crippen molar-refractivity contribution in [1.82, 2.24) is 25.2 Å². The number of benzene rings is 1. The third-order valence-corrected chi connectivity index (χ3v) is 9.18. The van der Waals surface area contributed by atoms with Gasteiger partial charge in [-0.1, -0.05) is 19.1 Å². The second-order valence-electron chi connectivity index (χ2n) is 11.5. The quantitative estimate of drug-likeness (QED) is 0.230. The Balaban J connectivity index is 1.08. The number of nitrogens with two attached hydrogens (primary N) is 1. The van der Waals surface area contributed by atoms with Gasteiger partial charge in [-0.25, -0.2) is 15.0 Å². The highest BCUT2D eigenvalue weighted by Crippen LogP contribution is 2.45. The van der Waals surface area contributed by atoms with Crippen molar-refractivity contribution < 1.29 is 9.53 Å². The Labute approximate surface area is 245 Å². The Hall–Kier alpha value is -4.44. The molecule has 1 saturated carbocycles. The number of nitrogens with zero attached hydrogens (tertiary/aromatic N) is 5. The Morgan fingerprint density at radius 3 is 2.55 bits per heavy atom. The summed E-state index contributed by atoms with van der Waals surface area (Å²) in [5.74, 6) is 2.96. The van der Waals surface area contributed by atoms with Gasteiger partial charge in [-0.2, -0.15) is 0 Å². The standard InChI is InChI=1S/C32H36N8O2/c1-3-24-25-6-4-21(12-26(25)38-29(24)23-13-27(42-2)30(35-18-23)36-19-33)22-5-7-28(34-17-22)39-8-10-40(11-9-39)31(41)32-14-20(15-32)16-37-32/h4-7,12-13,17-20,37-38H,3,8-11,14-16H2,1-2H3,(H2,33,35,36). The number of nitrogens with one attached hydrogen (secondary N) is 2. The minimum absolute atomic E-state index is 0.264. The van der Waals surface area contributed by atoms with Crippen LogP contribution in [0.15, 0.2) is 53.8 Å². The molecule has 6 heterocycles. The number of aromatic nitrogens is 3. The second kappa shape index (κ2) is 10.4. The van der Waals surface area contributed by atoms with E-state index in [-0.39, 0.29) is 5.54 Å². The summed E-state index contributed by atoms with van der Waals surface area (Å²) in [5.41, 5.74) is 11.6. The largest absolute Gasteiger partial charge is 0.493 e. The van der Waals surface area contributed by atoms with Crippen LogP contribution >= 0.6 is 0 Å². The van der Waals surface area contributed by atoms with Gasteiger partial charge in [0.25, 0.3) is 0 Å². The number of amides is 1. The zero-order chi connectivity index (χ0) is 28.8. The van der Waals surface area contributed by atoms with E-state index in [1.165, 1.54) is 17.3 Å². The molecule has 4 aromatic rings. The summed E-state index contributed by atoms with van der Waals surface area (Å²) in [6.07, 6.45) is 7.84. The smallest absolute Gasteiger partial charge is 0.243 e. The van der Waals surface area contributed by atoms with Gasteiger partial charge >= 0.3 is 0 Å². The van der Waals surface area contributed by atoms with Crippen LogP contribution < -0.4 is 20.7 Å². The summed E-state index contributed by atoms with van der Waals surface area (Å²) in [6, 6.07) is 12.7. The molecule has 0 atom stereocenters. The predicted molar refractivity (Wildman–Crippen MR) is 165 cm³/mol. The van der Waals surface area contributed by atoms with E-state index >= 15 is 0 Å². The Bertz CT molecular complexity index is 1660. The highest BCUT2D eigenvalue weighted by Gasteiger charge is 2.56. The van der Waals surface area contributed by atoms with Gasteiger partial charge < -0.3 is 30.6 Å². The van der Waals surface area contributed by atoms with Gasteiger partial charge in [0.2, 0.25) is 5.91 Å². The molecular weight excluding hydrogens is 528 g/mol. The minimum atomic E-state index is -0.264. The first-order valence-electron chi connectivity index (χ1n) is 14.7. The molecule has 1 aromatic carbocycles. The van der Waals surface area contributed by atoms with Crippen LogP contribution in [0, 0.1) is 5.92 Å². The lowest BCUT2D eigenvalue weighted by atomic mass is 9.72. The summed E-state index contributed by atoms with van der Waals surface area (Å²) in [6.45, 7) is 6.23. The second-order valence-corrected chi connectivity index (χ2v) is 11.5. The average molecular weight is 565 g/mol. The van der Waals surface area contributed by atoms with Crippen LogP contribution in [0.4, 0.5) is 11.6 Å². The maximum absolute atomic E-state index is 13.1. The van der Waals surface area contributed by atoms with Crippen molar-refractivity contribution >= 4 is 34.8 Å². The first-order valence-corrected chi connectivity index (χ1v) is 14.7.